The van der Waals surface area contributed by atoms with E-state index in [1.807, 2.05) is 13.8 Å². The summed E-state index contributed by atoms with van der Waals surface area (Å²) in [6.07, 6.45) is 0. The van der Waals surface area contributed by atoms with Crippen molar-refractivity contribution in [2.45, 2.75) is 25.3 Å². The summed E-state index contributed by atoms with van der Waals surface area (Å²) < 4.78 is 46.4. The van der Waals surface area contributed by atoms with Crippen molar-refractivity contribution in [2.24, 2.45) is 0 Å². The van der Waals surface area contributed by atoms with Crippen molar-refractivity contribution < 1.29 is 17.3 Å². The van der Waals surface area contributed by atoms with Gasteiger partial charge in [-0.2, -0.15) is 4.31 Å². The van der Waals surface area contributed by atoms with Crippen molar-refractivity contribution in [1.29, 1.82) is 0 Å². The fourth-order valence-corrected chi connectivity index (χ4v) is 4.92. The highest BCUT2D eigenvalue weighted by Crippen LogP contribution is 2.25. The Hall–Kier alpha value is -1.29. The molecule has 0 aliphatic carbocycles. The van der Waals surface area contributed by atoms with Gasteiger partial charge in [0.05, 0.1) is 5.69 Å². The molecule has 1 saturated heterocycles. The van der Waals surface area contributed by atoms with Crippen LogP contribution in [0.3, 0.4) is 0 Å². The lowest BCUT2D eigenvalue weighted by molar-refractivity contribution is 0.180. The fraction of sp³-hybridized carbons (Fsp3) is 0.438. The first-order valence-corrected chi connectivity index (χ1v) is 10.1. The Labute approximate surface area is 154 Å². The Balaban J connectivity index is 1.70. The molecule has 0 N–H and O–H groups in total. The molecule has 0 radical (unpaired) electrons. The maximum absolute atomic E-state index is 14.0. The molecule has 2 aromatic rings. The molecule has 0 atom stereocenters. The van der Waals surface area contributed by atoms with E-state index in [0.717, 1.165) is 23.1 Å². The standard InChI is InChI=1S/C16H19BrFN3O3S/c1-11-14(12(2)24-19-11)10-20-5-7-21(8-6-20)25(22,23)16-9-13(17)3-4-15(16)18/h3-4,9H,5-8,10H2,1-2H3. The first-order chi connectivity index (χ1) is 11.8. The Bertz CT molecular complexity index is 857. The molecule has 9 heteroatoms. The quantitative estimate of drug-likeness (QED) is 0.744. The van der Waals surface area contributed by atoms with E-state index in [1.54, 1.807) is 0 Å². The monoisotopic (exact) mass is 431 g/mol. The summed E-state index contributed by atoms with van der Waals surface area (Å²) in [4.78, 5) is 1.86. The molecule has 0 amide bonds. The summed E-state index contributed by atoms with van der Waals surface area (Å²) in [6.45, 7) is 6.20. The van der Waals surface area contributed by atoms with E-state index >= 15 is 0 Å². The average Bonchev–Trinajstić information content (AvgIpc) is 2.89. The van der Waals surface area contributed by atoms with Crippen molar-refractivity contribution >= 4 is 26.0 Å². The maximum atomic E-state index is 14.0. The number of sulfonamides is 1. The van der Waals surface area contributed by atoms with Crippen LogP contribution in [-0.4, -0.2) is 49.0 Å². The lowest BCUT2D eigenvalue weighted by Gasteiger charge is -2.34. The van der Waals surface area contributed by atoms with Crippen LogP contribution < -0.4 is 0 Å². The first kappa shape index (κ1) is 18.5. The minimum Gasteiger partial charge on any atom is -0.361 e. The molecule has 1 aliphatic heterocycles. The van der Waals surface area contributed by atoms with Crippen LogP contribution >= 0.6 is 15.9 Å². The average molecular weight is 432 g/mol. The Morgan fingerprint density at radius 2 is 1.92 bits per heavy atom. The molecule has 0 bridgehead atoms. The largest absolute Gasteiger partial charge is 0.361 e. The molecule has 2 heterocycles. The van der Waals surface area contributed by atoms with Crippen molar-refractivity contribution in [3.05, 3.63) is 45.5 Å². The number of halogens is 2. The molecule has 0 unspecified atom stereocenters. The molecule has 1 fully saturated rings. The van der Waals surface area contributed by atoms with Crippen LogP contribution in [0.25, 0.3) is 0 Å². The molecule has 1 aliphatic rings. The van der Waals surface area contributed by atoms with Crippen LogP contribution in [0.2, 0.25) is 0 Å². The maximum Gasteiger partial charge on any atom is 0.246 e. The van der Waals surface area contributed by atoms with E-state index in [2.05, 4.69) is 26.0 Å². The third-order valence-corrected chi connectivity index (χ3v) is 6.81. The predicted molar refractivity (Wildman–Crippen MR) is 94.1 cm³/mol. The Kier molecular flexibility index (Phi) is 5.29. The molecule has 1 aromatic heterocycles. The molecular formula is C16H19BrFN3O3S. The summed E-state index contributed by atoms with van der Waals surface area (Å²) in [5.41, 5.74) is 1.89. The summed E-state index contributed by atoms with van der Waals surface area (Å²) >= 11 is 3.20. The minimum atomic E-state index is -3.85. The topological polar surface area (TPSA) is 66.7 Å². The van der Waals surface area contributed by atoms with Crippen molar-refractivity contribution in [3.8, 4) is 0 Å². The van der Waals surface area contributed by atoms with Gasteiger partial charge in [0.1, 0.15) is 16.5 Å². The zero-order valence-corrected chi connectivity index (χ0v) is 16.4. The van der Waals surface area contributed by atoms with Gasteiger partial charge in [-0.25, -0.2) is 12.8 Å². The van der Waals surface area contributed by atoms with Gasteiger partial charge in [0.15, 0.2) is 0 Å². The second-order valence-electron chi connectivity index (χ2n) is 6.06. The van der Waals surface area contributed by atoms with Crippen LogP contribution in [0, 0.1) is 19.7 Å². The molecule has 25 heavy (non-hydrogen) atoms. The second-order valence-corrected chi connectivity index (χ2v) is 8.88. The van der Waals surface area contributed by atoms with Crippen LogP contribution in [0.1, 0.15) is 17.0 Å². The van der Waals surface area contributed by atoms with Crippen molar-refractivity contribution in [3.63, 3.8) is 0 Å². The Morgan fingerprint density at radius 1 is 1.24 bits per heavy atom. The number of aryl methyl sites for hydroxylation is 2. The van der Waals surface area contributed by atoms with Gasteiger partial charge in [0.25, 0.3) is 0 Å². The summed E-state index contributed by atoms with van der Waals surface area (Å²) in [5.74, 6) is 0.0464. The highest BCUT2D eigenvalue weighted by Gasteiger charge is 2.31. The number of rotatable bonds is 4. The van der Waals surface area contributed by atoms with E-state index in [-0.39, 0.29) is 4.90 Å². The van der Waals surface area contributed by atoms with Gasteiger partial charge in [0, 0.05) is 42.8 Å². The van der Waals surface area contributed by atoms with E-state index in [9.17, 15) is 12.8 Å². The summed E-state index contributed by atoms with van der Waals surface area (Å²) in [7, 11) is -3.85. The smallest absolute Gasteiger partial charge is 0.246 e. The van der Waals surface area contributed by atoms with E-state index in [0.29, 0.717) is 37.2 Å². The molecule has 0 spiro atoms. The number of nitrogens with zero attached hydrogens (tertiary/aromatic N) is 3. The SMILES string of the molecule is Cc1noc(C)c1CN1CCN(S(=O)(=O)c2cc(Br)ccc2F)CC1. The van der Waals surface area contributed by atoms with Gasteiger partial charge < -0.3 is 4.52 Å². The third-order valence-electron chi connectivity index (χ3n) is 4.41. The van der Waals surface area contributed by atoms with Crippen LogP contribution in [-0.2, 0) is 16.6 Å². The Morgan fingerprint density at radius 3 is 2.52 bits per heavy atom. The number of piperazine rings is 1. The number of hydrogen-bond donors (Lipinski definition) is 0. The second kappa shape index (κ2) is 7.14. The van der Waals surface area contributed by atoms with Gasteiger partial charge in [-0.15, -0.1) is 0 Å². The van der Waals surface area contributed by atoms with Crippen LogP contribution in [0.4, 0.5) is 4.39 Å². The molecule has 6 nitrogen and oxygen atoms in total. The lowest BCUT2D eigenvalue weighted by Crippen LogP contribution is -2.48. The van der Waals surface area contributed by atoms with Crippen LogP contribution in [0.15, 0.2) is 32.1 Å². The first-order valence-electron chi connectivity index (χ1n) is 7.88. The van der Waals surface area contributed by atoms with E-state index in [1.165, 1.54) is 16.4 Å². The van der Waals surface area contributed by atoms with E-state index < -0.39 is 15.8 Å². The fourth-order valence-electron chi connectivity index (χ4n) is 2.89. The van der Waals surface area contributed by atoms with Gasteiger partial charge in [-0.05, 0) is 32.0 Å². The molecule has 1 aromatic carbocycles. The molecular weight excluding hydrogens is 413 g/mol. The van der Waals surface area contributed by atoms with E-state index in [4.69, 9.17) is 4.52 Å². The predicted octanol–water partition coefficient (Wildman–Crippen LogP) is 2.70. The van der Waals surface area contributed by atoms with Crippen LogP contribution in [0.5, 0.6) is 0 Å². The molecule has 136 valence electrons. The molecule has 3 rings (SSSR count). The highest BCUT2D eigenvalue weighted by atomic mass is 79.9. The number of benzene rings is 1. The number of hydrogen-bond acceptors (Lipinski definition) is 5. The zero-order chi connectivity index (χ0) is 18.2. The van der Waals surface area contributed by atoms with Crippen molar-refractivity contribution in [1.82, 2.24) is 14.4 Å². The minimum absolute atomic E-state index is 0.291. The third kappa shape index (κ3) is 3.79. The highest BCUT2D eigenvalue weighted by molar-refractivity contribution is 9.10. The van der Waals surface area contributed by atoms with Crippen molar-refractivity contribution in [2.75, 3.05) is 26.2 Å². The van der Waals surface area contributed by atoms with Gasteiger partial charge >= 0.3 is 0 Å². The summed E-state index contributed by atoms with van der Waals surface area (Å²) in [6, 6.07) is 3.95. The lowest BCUT2D eigenvalue weighted by atomic mass is 10.2. The summed E-state index contributed by atoms with van der Waals surface area (Å²) in [5, 5.41) is 3.94. The normalized spacial score (nSPS) is 17.1. The zero-order valence-electron chi connectivity index (χ0n) is 14.0. The van der Waals surface area contributed by atoms with Gasteiger partial charge in [-0.1, -0.05) is 21.1 Å². The van der Waals surface area contributed by atoms with Gasteiger partial charge in [0.2, 0.25) is 10.0 Å². The number of aromatic nitrogens is 1. The van der Waals surface area contributed by atoms with Gasteiger partial charge in [-0.3, -0.25) is 4.90 Å². The molecule has 0 saturated carbocycles.